The fraction of sp³-hybridized carbons (Fsp3) is 0.438. The molecule has 2 atom stereocenters. The van der Waals surface area contributed by atoms with E-state index >= 15 is 0 Å². The Bertz CT molecular complexity index is 732. The molecule has 7 nitrogen and oxygen atoms in total. The molecule has 0 heterocycles. The van der Waals surface area contributed by atoms with Crippen LogP contribution in [-0.2, 0) is 11.0 Å². The molecule has 0 bridgehead atoms. The number of nitrogens with two attached hydrogens (primary N) is 3. The van der Waals surface area contributed by atoms with Gasteiger partial charge in [0.05, 0.1) is 4.90 Å². The Kier molecular flexibility index (Phi) is 7.30. The standard InChI is InChI=1S/C16H24N6OS2/c1-2-9-24-13-8-7-12(10-3-5-11(17)6-4-10)14(15(13)25(20)23)16(18)21-22-19/h3,7-8,11H,2,4-6,9,17,20H2,1H3,(H3,18,19,21). The van der Waals surface area contributed by atoms with Gasteiger partial charge in [-0.2, -0.15) is 0 Å². The second kappa shape index (κ2) is 9.23. The highest BCUT2D eigenvalue weighted by Crippen LogP contribution is 2.36. The van der Waals surface area contributed by atoms with E-state index in [-0.39, 0.29) is 11.9 Å². The zero-order valence-corrected chi connectivity index (χ0v) is 15.8. The summed E-state index contributed by atoms with van der Waals surface area (Å²) in [5.74, 6) is 5.86. The van der Waals surface area contributed by atoms with Crippen LogP contribution in [0, 0.1) is 5.41 Å². The van der Waals surface area contributed by atoms with Crippen molar-refractivity contribution in [2.75, 3.05) is 5.75 Å². The summed E-state index contributed by atoms with van der Waals surface area (Å²) in [4.78, 5) is 1.22. The SMILES string of the molecule is CCCSc1ccc(C2=CCC(N)CC2)c(C(=N)N=NN)c1S(N)=O. The second-order valence-electron chi connectivity index (χ2n) is 5.79. The molecule has 0 fully saturated rings. The largest absolute Gasteiger partial charge is 0.327 e. The molecule has 1 aliphatic rings. The highest BCUT2D eigenvalue weighted by molar-refractivity contribution is 7.99. The van der Waals surface area contributed by atoms with Gasteiger partial charge in [-0.15, -0.1) is 16.9 Å². The van der Waals surface area contributed by atoms with Gasteiger partial charge in [0.15, 0.2) is 5.84 Å². The summed E-state index contributed by atoms with van der Waals surface area (Å²) in [6.45, 7) is 2.07. The van der Waals surface area contributed by atoms with E-state index in [1.165, 1.54) is 0 Å². The molecule has 0 aromatic heterocycles. The molecule has 0 spiro atoms. The Labute approximate surface area is 154 Å². The van der Waals surface area contributed by atoms with Gasteiger partial charge in [-0.25, -0.2) is 9.35 Å². The number of hydrogen-bond donors (Lipinski definition) is 4. The topological polar surface area (TPSA) is 144 Å². The van der Waals surface area contributed by atoms with E-state index in [9.17, 15) is 4.21 Å². The van der Waals surface area contributed by atoms with E-state index in [1.807, 2.05) is 12.1 Å². The Morgan fingerprint density at radius 1 is 1.48 bits per heavy atom. The number of hydrogen-bond acceptors (Lipinski definition) is 5. The highest BCUT2D eigenvalue weighted by atomic mass is 32.2. The molecule has 136 valence electrons. The van der Waals surface area contributed by atoms with Gasteiger partial charge in [-0.3, -0.25) is 5.41 Å². The lowest BCUT2D eigenvalue weighted by atomic mass is 9.88. The highest BCUT2D eigenvalue weighted by Gasteiger charge is 2.24. The summed E-state index contributed by atoms with van der Waals surface area (Å²) in [6, 6.07) is 4.01. The molecule has 0 saturated carbocycles. The van der Waals surface area contributed by atoms with E-state index in [0.29, 0.717) is 10.5 Å². The molecule has 2 rings (SSSR count). The van der Waals surface area contributed by atoms with Crippen molar-refractivity contribution in [1.29, 1.82) is 5.41 Å². The first-order valence-corrected chi connectivity index (χ1v) is 10.3. The molecule has 9 heteroatoms. The maximum atomic E-state index is 12.3. The molecular weight excluding hydrogens is 356 g/mol. The number of nitrogens with one attached hydrogen (secondary N) is 1. The Balaban J connectivity index is 2.64. The average Bonchev–Trinajstić information content (AvgIpc) is 2.60. The number of benzene rings is 1. The van der Waals surface area contributed by atoms with Crippen molar-refractivity contribution in [2.45, 2.75) is 48.4 Å². The number of amidine groups is 1. The van der Waals surface area contributed by atoms with Crippen LogP contribution in [0.2, 0.25) is 0 Å². The lowest BCUT2D eigenvalue weighted by molar-refractivity contribution is 0.614. The maximum absolute atomic E-state index is 12.3. The van der Waals surface area contributed by atoms with Crippen LogP contribution in [-0.4, -0.2) is 21.8 Å². The van der Waals surface area contributed by atoms with Crippen molar-refractivity contribution in [1.82, 2.24) is 0 Å². The summed E-state index contributed by atoms with van der Waals surface area (Å²) >= 11 is 1.57. The van der Waals surface area contributed by atoms with Gasteiger partial charge >= 0.3 is 0 Å². The van der Waals surface area contributed by atoms with Crippen LogP contribution in [0.1, 0.15) is 43.7 Å². The minimum Gasteiger partial charge on any atom is -0.327 e. The van der Waals surface area contributed by atoms with E-state index in [2.05, 4.69) is 23.3 Å². The molecule has 7 N–H and O–H groups in total. The van der Waals surface area contributed by atoms with Crippen molar-refractivity contribution in [2.24, 2.45) is 27.1 Å². The average molecular weight is 381 g/mol. The first kappa shape index (κ1) is 19.8. The third kappa shape index (κ3) is 4.75. The minimum atomic E-state index is -1.76. The van der Waals surface area contributed by atoms with E-state index in [0.717, 1.165) is 47.5 Å². The fourth-order valence-electron chi connectivity index (χ4n) is 2.80. The zero-order valence-electron chi connectivity index (χ0n) is 14.2. The van der Waals surface area contributed by atoms with Crippen LogP contribution in [0.4, 0.5) is 0 Å². The molecule has 0 saturated heterocycles. The van der Waals surface area contributed by atoms with Gasteiger partial charge in [0.2, 0.25) is 0 Å². The smallest absolute Gasteiger partial charge is 0.178 e. The summed E-state index contributed by atoms with van der Waals surface area (Å²) < 4.78 is 12.3. The first-order chi connectivity index (χ1) is 12.0. The van der Waals surface area contributed by atoms with Crippen molar-refractivity contribution in [3.63, 3.8) is 0 Å². The van der Waals surface area contributed by atoms with Gasteiger partial charge in [-0.05, 0) is 48.6 Å². The Morgan fingerprint density at radius 3 is 2.80 bits per heavy atom. The summed E-state index contributed by atoms with van der Waals surface area (Å²) in [5.41, 5.74) is 8.28. The lowest BCUT2D eigenvalue weighted by Gasteiger charge is -2.22. The predicted octanol–water partition coefficient (Wildman–Crippen LogP) is 2.72. The predicted molar refractivity (Wildman–Crippen MR) is 104 cm³/mol. The monoisotopic (exact) mass is 380 g/mol. The van der Waals surface area contributed by atoms with Crippen molar-refractivity contribution in [3.05, 3.63) is 29.3 Å². The van der Waals surface area contributed by atoms with Crippen molar-refractivity contribution >= 4 is 34.2 Å². The molecular formula is C16H24N6OS2. The fourth-order valence-corrected chi connectivity index (χ4v) is 4.72. The molecule has 2 unspecified atom stereocenters. The second-order valence-corrected chi connectivity index (χ2v) is 7.93. The third-order valence-corrected chi connectivity index (χ3v) is 6.20. The molecule has 1 aliphatic carbocycles. The van der Waals surface area contributed by atoms with Crippen LogP contribution >= 0.6 is 11.8 Å². The molecule has 1 aromatic carbocycles. The molecule has 1 aromatic rings. The quantitative estimate of drug-likeness (QED) is 0.150. The zero-order chi connectivity index (χ0) is 18.4. The van der Waals surface area contributed by atoms with Crippen LogP contribution in [0.25, 0.3) is 5.57 Å². The third-order valence-electron chi connectivity index (χ3n) is 3.98. The van der Waals surface area contributed by atoms with Crippen LogP contribution in [0.5, 0.6) is 0 Å². The molecule has 25 heavy (non-hydrogen) atoms. The molecule has 0 radical (unpaired) electrons. The summed E-state index contributed by atoms with van der Waals surface area (Å²) in [5, 5.41) is 20.9. The number of nitrogens with zero attached hydrogens (tertiary/aromatic N) is 2. The van der Waals surface area contributed by atoms with Crippen LogP contribution < -0.4 is 16.7 Å². The first-order valence-electron chi connectivity index (χ1n) is 8.10. The van der Waals surface area contributed by atoms with Gasteiger partial charge < -0.3 is 11.6 Å². The number of thioether (sulfide) groups is 1. The summed E-state index contributed by atoms with van der Waals surface area (Å²) in [6.07, 6.45) is 5.47. The molecule has 0 amide bonds. The minimum absolute atomic E-state index is 0.138. The van der Waals surface area contributed by atoms with Crippen molar-refractivity contribution in [3.8, 4) is 0 Å². The maximum Gasteiger partial charge on any atom is 0.178 e. The number of allylic oxidation sites excluding steroid dienone is 1. The van der Waals surface area contributed by atoms with Gasteiger partial charge in [-0.1, -0.05) is 24.3 Å². The molecule has 0 aliphatic heterocycles. The van der Waals surface area contributed by atoms with E-state index in [4.69, 9.17) is 22.1 Å². The lowest BCUT2D eigenvalue weighted by Crippen LogP contribution is -2.22. The summed E-state index contributed by atoms with van der Waals surface area (Å²) in [7, 11) is -1.76. The van der Waals surface area contributed by atoms with Crippen LogP contribution in [0.3, 0.4) is 0 Å². The Hall–Kier alpha value is -1.55. The number of rotatable bonds is 6. The van der Waals surface area contributed by atoms with Gasteiger partial charge in [0, 0.05) is 16.5 Å². The normalized spacial score (nSPS) is 19.0. The van der Waals surface area contributed by atoms with E-state index < -0.39 is 11.0 Å². The van der Waals surface area contributed by atoms with Crippen LogP contribution in [0.15, 0.2) is 38.3 Å². The van der Waals surface area contributed by atoms with E-state index in [1.54, 1.807) is 11.8 Å². The Morgan fingerprint density at radius 2 is 2.24 bits per heavy atom. The van der Waals surface area contributed by atoms with Gasteiger partial charge in [0.25, 0.3) is 0 Å². The van der Waals surface area contributed by atoms with Gasteiger partial charge in [0.1, 0.15) is 11.0 Å². The van der Waals surface area contributed by atoms with Crippen molar-refractivity contribution < 1.29 is 4.21 Å².